The second-order valence-corrected chi connectivity index (χ2v) is 4.50. The maximum Gasteiger partial charge on any atom is 0.129 e. The lowest BCUT2D eigenvalue weighted by molar-refractivity contribution is 0.0478. The summed E-state index contributed by atoms with van der Waals surface area (Å²) in [6.45, 7) is 2.40. The number of hydrogen-bond donors (Lipinski definition) is 1. The summed E-state index contributed by atoms with van der Waals surface area (Å²) in [4.78, 5) is 0. The first-order valence-electron chi connectivity index (χ1n) is 5.52. The molecule has 1 fully saturated rings. The maximum atomic E-state index is 13.7. The molecule has 1 aliphatic heterocycles. The lowest BCUT2D eigenvalue weighted by Gasteiger charge is -2.26. The summed E-state index contributed by atoms with van der Waals surface area (Å²) >= 11 is 0. The third-order valence-corrected chi connectivity index (χ3v) is 3.24. The third-order valence-electron chi connectivity index (χ3n) is 3.24. The SMILES string of the molecule is Cc1ccc(F)c(C(O)C2(C#N)CCOC2)c1. The summed E-state index contributed by atoms with van der Waals surface area (Å²) in [5.74, 6) is -0.482. The zero-order valence-corrected chi connectivity index (χ0v) is 9.61. The predicted octanol–water partition coefficient (Wildman–Crippen LogP) is 2.10. The lowest BCUT2D eigenvalue weighted by atomic mass is 9.79. The highest BCUT2D eigenvalue weighted by atomic mass is 19.1. The summed E-state index contributed by atoms with van der Waals surface area (Å²) in [7, 11) is 0. The highest BCUT2D eigenvalue weighted by Gasteiger charge is 2.43. The minimum absolute atomic E-state index is 0.151. The quantitative estimate of drug-likeness (QED) is 0.854. The maximum absolute atomic E-state index is 13.7. The summed E-state index contributed by atoms with van der Waals surface area (Å²) in [5.41, 5.74) is 0.0127. The van der Waals surface area contributed by atoms with E-state index in [2.05, 4.69) is 6.07 Å². The van der Waals surface area contributed by atoms with E-state index in [9.17, 15) is 14.8 Å². The number of aliphatic hydroxyl groups is 1. The van der Waals surface area contributed by atoms with Gasteiger partial charge in [-0.1, -0.05) is 17.7 Å². The fourth-order valence-corrected chi connectivity index (χ4v) is 2.12. The molecule has 0 spiro atoms. The first-order chi connectivity index (χ1) is 8.09. The number of nitriles is 1. The smallest absolute Gasteiger partial charge is 0.129 e. The second-order valence-electron chi connectivity index (χ2n) is 4.50. The average molecular weight is 235 g/mol. The molecule has 0 radical (unpaired) electrons. The molecule has 2 atom stereocenters. The van der Waals surface area contributed by atoms with Crippen molar-refractivity contribution < 1.29 is 14.2 Å². The summed E-state index contributed by atoms with van der Waals surface area (Å²) in [6.07, 6.45) is -0.715. The van der Waals surface area contributed by atoms with Crippen molar-refractivity contribution in [3.63, 3.8) is 0 Å². The van der Waals surface area contributed by atoms with E-state index in [1.807, 2.05) is 6.92 Å². The number of halogens is 1. The molecule has 0 aliphatic carbocycles. The van der Waals surface area contributed by atoms with Crippen LogP contribution < -0.4 is 0 Å². The Bertz CT molecular complexity index is 461. The molecule has 17 heavy (non-hydrogen) atoms. The van der Waals surface area contributed by atoms with Crippen LogP contribution in [-0.4, -0.2) is 18.3 Å². The van der Waals surface area contributed by atoms with Gasteiger partial charge in [0.2, 0.25) is 0 Å². The zero-order valence-electron chi connectivity index (χ0n) is 9.61. The Labute approximate surface area is 99.4 Å². The number of rotatable bonds is 2. The van der Waals surface area contributed by atoms with Crippen LogP contribution in [-0.2, 0) is 4.74 Å². The monoisotopic (exact) mass is 235 g/mol. The summed E-state index contributed by atoms with van der Waals surface area (Å²) in [6, 6.07) is 6.61. The van der Waals surface area contributed by atoms with E-state index in [4.69, 9.17) is 4.74 Å². The first kappa shape index (κ1) is 12.0. The minimum atomic E-state index is -1.14. The molecule has 1 N–H and O–H groups in total. The van der Waals surface area contributed by atoms with Gasteiger partial charge in [0.05, 0.1) is 12.7 Å². The van der Waals surface area contributed by atoms with Crippen LogP contribution in [0.5, 0.6) is 0 Å². The van der Waals surface area contributed by atoms with Crippen LogP contribution in [0.3, 0.4) is 0 Å². The molecular weight excluding hydrogens is 221 g/mol. The highest BCUT2D eigenvalue weighted by molar-refractivity contribution is 5.29. The Kier molecular flexibility index (Phi) is 3.14. The Hall–Kier alpha value is -1.44. The average Bonchev–Trinajstić information content (AvgIpc) is 2.81. The van der Waals surface area contributed by atoms with Gasteiger partial charge in [0.15, 0.2) is 0 Å². The largest absolute Gasteiger partial charge is 0.387 e. The van der Waals surface area contributed by atoms with E-state index < -0.39 is 17.3 Å². The number of aryl methyl sites for hydroxylation is 1. The Morgan fingerprint density at radius 3 is 2.94 bits per heavy atom. The minimum Gasteiger partial charge on any atom is -0.387 e. The Morgan fingerprint density at radius 1 is 1.59 bits per heavy atom. The molecule has 1 aromatic carbocycles. The number of nitrogens with zero attached hydrogens (tertiary/aromatic N) is 1. The van der Waals surface area contributed by atoms with Crippen molar-refractivity contribution in [3.05, 3.63) is 35.1 Å². The van der Waals surface area contributed by atoms with Gasteiger partial charge >= 0.3 is 0 Å². The molecule has 0 saturated carbocycles. The van der Waals surface area contributed by atoms with Gasteiger partial charge in [-0.15, -0.1) is 0 Å². The molecule has 0 aromatic heterocycles. The molecule has 0 amide bonds. The van der Waals surface area contributed by atoms with Crippen LogP contribution >= 0.6 is 0 Å². The van der Waals surface area contributed by atoms with Crippen molar-refractivity contribution in [3.8, 4) is 6.07 Å². The lowest BCUT2D eigenvalue weighted by Crippen LogP contribution is -2.28. The molecule has 1 saturated heterocycles. The summed E-state index contributed by atoms with van der Waals surface area (Å²) < 4.78 is 18.8. The van der Waals surface area contributed by atoms with Crippen LogP contribution in [0.2, 0.25) is 0 Å². The van der Waals surface area contributed by atoms with Crippen molar-refractivity contribution >= 4 is 0 Å². The zero-order chi connectivity index (χ0) is 12.5. The van der Waals surface area contributed by atoms with E-state index in [-0.39, 0.29) is 12.2 Å². The molecule has 2 unspecified atom stereocenters. The van der Waals surface area contributed by atoms with Crippen molar-refractivity contribution in [2.75, 3.05) is 13.2 Å². The van der Waals surface area contributed by atoms with E-state index in [1.54, 1.807) is 12.1 Å². The third kappa shape index (κ3) is 2.04. The van der Waals surface area contributed by atoms with Crippen molar-refractivity contribution in [2.24, 2.45) is 5.41 Å². The molecule has 0 bridgehead atoms. The van der Waals surface area contributed by atoms with Crippen LogP contribution in [0.4, 0.5) is 4.39 Å². The number of aliphatic hydroxyl groups excluding tert-OH is 1. The number of benzene rings is 1. The molecule has 3 nitrogen and oxygen atoms in total. The topological polar surface area (TPSA) is 53.2 Å². The van der Waals surface area contributed by atoms with Gasteiger partial charge in [-0.05, 0) is 19.4 Å². The van der Waals surface area contributed by atoms with Crippen LogP contribution in [0.1, 0.15) is 23.7 Å². The van der Waals surface area contributed by atoms with Crippen molar-refractivity contribution in [2.45, 2.75) is 19.4 Å². The number of hydrogen-bond acceptors (Lipinski definition) is 3. The van der Waals surface area contributed by atoms with Gasteiger partial charge in [-0.3, -0.25) is 0 Å². The van der Waals surface area contributed by atoms with Gasteiger partial charge in [0.1, 0.15) is 17.3 Å². The van der Waals surface area contributed by atoms with Gasteiger partial charge in [0.25, 0.3) is 0 Å². The Morgan fingerprint density at radius 2 is 2.35 bits per heavy atom. The van der Waals surface area contributed by atoms with Crippen molar-refractivity contribution in [1.82, 2.24) is 0 Å². The molecular formula is C13H14FNO2. The second kappa shape index (κ2) is 4.44. The van der Waals surface area contributed by atoms with E-state index in [0.29, 0.717) is 13.0 Å². The molecule has 2 rings (SSSR count). The van der Waals surface area contributed by atoms with Crippen molar-refractivity contribution in [1.29, 1.82) is 5.26 Å². The predicted molar refractivity (Wildman–Crippen MR) is 59.6 cm³/mol. The molecule has 1 aromatic rings. The molecule has 1 aliphatic rings. The normalized spacial score (nSPS) is 25.5. The van der Waals surface area contributed by atoms with Crippen LogP contribution in [0.15, 0.2) is 18.2 Å². The molecule has 1 heterocycles. The van der Waals surface area contributed by atoms with Crippen LogP contribution in [0, 0.1) is 29.5 Å². The molecule has 90 valence electrons. The van der Waals surface area contributed by atoms with Gasteiger partial charge in [-0.25, -0.2) is 4.39 Å². The van der Waals surface area contributed by atoms with Crippen LogP contribution in [0.25, 0.3) is 0 Å². The van der Waals surface area contributed by atoms with E-state index in [1.165, 1.54) is 6.07 Å². The summed E-state index contributed by atoms with van der Waals surface area (Å²) in [5, 5.41) is 19.4. The van der Waals surface area contributed by atoms with Gasteiger partial charge in [-0.2, -0.15) is 5.26 Å². The molecule has 4 heteroatoms. The highest BCUT2D eigenvalue weighted by Crippen LogP contribution is 2.41. The fraction of sp³-hybridized carbons (Fsp3) is 0.462. The van der Waals surface area contributed by atoms with Gasteiger partial charge in [0, 0.05) is 12.2 Å². The standard InChI is InChI=1S/C13H14FNO2/c1-9-2-3-11(14)10(6-9)12(16)13(7-15)4-5-17-8-13/h2-3,6,12,16H,4-5,8H2,1H3. The first-order valence-corrected chi connectivity index (χ1v) is 5.52. The van der Waals surface area contributed by atoms with Gasteiger partial charge < -0.3 is 9.84 Å². The fourth-order valence-electron chi connectivity index (χ4n) is 2.12. The Balaban J connectivity index is 2.39. The van der Waals surface area contributed by atoms with E-state index >= 15 is 0 Å². The number of ether oxygens (including phenoxy) is 1. The van der Waals surface area contributed by atoms with E-state index in [0.717, 1.165) is 5.56 Å².